The predicted molar refractivity (Wildman–Crippen MR) is 139 cm³/mol. The highest BCUT2D eigenvalue weighted by Crippen LogP contribution is 2.40. The minimum absolute atomic E-state index is 0.138. The van der Waals surface area contributed by atoms with Crippen molar-refractivity contribution >= 4 is 35.8 Å². The van der Waals surface area contributed by atoms with Crippen LogP contribution in [-0.2, 0) is 30.3 Å². The summed E-state index contributed by atoms with van der Waals surface area (Å²) in [7, 11) is 0. The zero-order valence-corrected chi connectivity index (χ0v) is 20.5. The normalized spacial score (nSPS) is 20.4. The molecular formula is C29H24N2O5S. The largest absolute Gasteiger partial charge is 0.451 e. The number of nitrogens with zero attached hydrogens (tertiary/aromatic N) is 1. The van der Waals surface area contributed by atoms with Gasteiger partial charge in [0.2, 0.25) is 11.8 Å². The zero-order valence-electron chi connectivity index (χ0n) is 19.7. The minimum Gasteiger partial charge on any atom is -0.451 e. The molecule has 5 rings (SSSR count). The van der Waals surface area contributed by atoms with Gasteiger partial charge in [0.05, 0.1) is 6.42 Å². The van der Waals surface area contributed by atoms with Gasteiger partial charge in [0.1, 0.15) is 17.7 Å². The van der Waals surface area contributed by atoms with E-state index in [0.29, 0.717) is 6.29 Å². The number of rotatable bonds is 8. The van der Waals surface area contributed by atoms with Crippen molar-refractivity contribution in [1.29, 1.82) is 0 Å². The average molecular weight is 513 g/mol. The van der Waals surface area contributed by atoms with Gasteiger partial charge in [-0.3, -0.25) is 14.4 Å². The Hall–Kier alpha value is -4.17. The lowest BCUT2D eigenvalue weighted by molar-refractivity contribution is -0.165. The van der Waals surface area contributed by atoms with Gasteiger partial charge in [-0.05, 0) is 22.1 Å². The summed E-state index contributed by atoms with van der Waals surface area (Å²) in [5.41, 5.74) is 2.51. The van der Waals surface area contributed by atoms with Gasteiger partial charge in [0.25, 0.3) is 0 Å². The smallest absolute Gasteiger partial charge is 0.334 e. The van der Waals surface area contributed by atoms with Gasteiger partial charge >= 0.3 is 5.97 Å². The monoisotopic (exact) mass is 512 g/mol. The molecule has 0 aromatic heterocycles. The highest BCUT2D eigenvalue weighted by molar-refractivity contribution is 8.03. The Morgan fingerprint density at radius 2 is 1.49 bits per heavy atom. The Morgan fingerprint density at radius 1 is 0.919 bits per heavy atom. The first-order chi connectivity index (χ1) is 18.1. The molecule has 2 aliphatic rings. The van der Waals surface area contributed by atoms with Crippen molar-refractivity contribution in [2.45, 2.75) is 30.0 Å². The van der Waals surface area contributed by atoms with E-state index in [-0.39, 0.29) is 17.9 Å². The number of nitrogens with one attached hydrogen (secondary N) is 1. The topological polar surface area (TPSA) is 92.8 Å². The van der Waals surface area contributed by atoms with E-state index in [1.54, 1.807) is 5.41 Å². The molecule has 2 heterocycles. The lowest BCUT2D eigenvalue weighted by Gasteiger charge is -2.51. The molecule has 1 N–H and O–H groups in total. The lowest BCUT2D eigenvalue weighted by atomic mass is 9.97. The molecular weight excluding hydrogens is 488 g/mol. The summed E-state index contributed by atoms with van der Waals surface area (Å²) < 4.78 is 5.96. The molecule has 7 nitrogen and oxygen atoms in total. The van der Waals surface area contributed by atoms with Gasteiger partial charge in [0, 0.05) is 5.57 Å². The highest BCUT2D eigenvalue weighted by Gasteiger charge is 2.56. The van der Waals surface area contributed by atoms with Crippen molar-refractivity contribution in [3.8, 4) is 0 Å². The Kier molecular flexibility index (Phi) is 7.18. The van der Waals surface area contributed by atoms with E-state index in [1.807, 2.05) is 91.0 Å². The van der Waals surface area contributed by atoms with Crippen LogP contribution < -0.4 is 5.32 Å². The van der Waals surface area contributed by atoms with Crippen molar-refractivity contribution in [2.75, 3.05) is 0 Å². The molecule has 0 radical (unpaired) electrons. The highest BCUT2D eigenvalue weighted by atomic mass is 32.2. The molecule has 0 aliphatic carbocycles. The van der Waals surface area contributed by atoms with Crippen LogP contribution in [0.1, 0.15) is 22.8 Å². The maximum atomic E-state index is 13.5. The van der Waals surface area contributed by atoms with Crippen LogP contribution in [0.3, 0.4) is 0 Å². The second kappa shape index (κ2) is 10.8. The third-order valence-corrected chi connectivity index (χ3v) is 7.53. The zero-order chi connectivity index (χ0) is 25.8. The molecule has 0 saturated carbocycles. The average Bonchev–Trinajstić information content (AvgIpc) is 2.95. The number of fused-ring (bicyclic) bond motifs is 1. The summed E-state index contributed by atoms with van der Waals surface area (Å²) in [6.45, 7) is 0. The van der Waals surface area contributed by atoms with Gasteiger partial charge in [-0.25, -0.2) is 4.79 Å². The van der Waals surface area contributed by atoms with Crippen LogP contribution in [0.15, 0.2) is 102 Å². The first-order valence-corrected chi connectivity index (χ1v) is 12.8. The molecule has 8 heteroatoms. The lowest BCUT2D eigenvalue weighted by Crippen LogP contribution is -2.74. The summed E-state index contributed by atoms with van der Waals surface area (Å²) in [6, 6.07) is 25.8. The molecule has 37 heavy (non-hydrogen) atoms. The van der Waals surface area contributed by atoms with E-state index in [4.69, 9.17) is 4.74 Å². The number of hydrogen-bond donors (Lipinski definition) is 1. The molecule has 3 atom stereocenters. The number of ether oxygens (including phenoxy) is 1. The van der Waals surface area contributed by atoms with Gasteiger partial charge in [-0.2, -0.15) is 0 Å². The van der Waals surface area contributed by atoms with Crippen molar-refractivity contribution in [3.63, 3.8) is 0 Å². The van der Waals surface area contributed by atoms with E-state index < -0.39 is 35.4 Å². The summed E-state index contributed by atoms with van der Waals surface area (Å²) >= 11 is 1.23. The maximum Gasteiger partial charge on any atom is 0.334 e. The maximum absolute atomic E-state index is 13.5. The van der Waals surface area contributed by atoms with Gasteiger partial charge in [-0.1, -0.05) is 91.0 Å². The number of thioether (sulfide) groups is 1. The van der Waals surface area contributed by atoms with Crippen LogP contribution in [0.5, 0.6) is 0 Å². The summed E-state index contributed by atoms with van der Waals surface area (Å²) in [4.78, 5) is 52.4. The van der Waals surface area contributed by atoms with E-state index in [1.165, 1.54) is 16.7 Å². The molecule has 1 fully saturated rings. The molecule has 3 aromatic rings. The summed E-state index contributed by atoms with van der Waals surface area (Å²) in [5, 5.41) is 3.84. The summed E-state index contributed by atoms with van der Waals surface area (Å²) in [5.74, 6) is -1.42. The molecule has 186 valence electrons. The van der Waals surface area contributed by atoms with E-state index in [9.17, 15) is 19.2 Å². The fourth-order valence-corrected chi connectivity index (χ4v) is 5.70. The van der Waals surface area contributed by atoms with Crippen LogP contribution in [0.2, 0.25) is 0 Å². The Bertz CT molecular complexity index is 1290. The number of carbonyl (C=O) groups excluding carboxylic acids is 4. The molecule has 2 aliphatic heterocycles. The first kappa shape index (κ1) is 24.5. The van der Waals surface area contributed by atoms with Crippen molar-refractivity contribution in [1.82, 2.24) is 10.2 Å². The van der Waals surface area contributed by atoms with Gasteiger partial charge in [0.15, 0.2) is 12.1 Å². The van der Waals surface area contributed by atoms with Crippen LogP contribution in [-0.4, -0.2) is 46.4 Å². The quantitative estimate of drug-likeness (QED) is 0.283. The summed E-state index contributed by atoms with van der Waals surface area (Å²) in [6.07, 6.45) is -0.00345. The Balaban J connectivity index is 1.34. The second-order valence-electron chi connectivity index (χ2n) is 8.76. The standard InChI is InChI=1S/C29H24N2O5S/c32-17-22-18-37-28-24(30-23(33)16-19-10-4-1-5-11-19)27(34)31(28)25(22)29(35)36-26(20-12-6-2-7-13-20)21-14-8-3-9-15-21/h1-15,17-18,24-26,28H,16H2,(H,30,33)/t24-,25?,28-/m1/s1. The van der Waals surface area contributed by atoms with Crippen LogP contribution in [0.4, 0.5) is 0 Å². The van der Waals surface area contributed by atoms with E-state index in [0.717, 1.165) is 16.7 Å². The van der Waals surface area contributed by atoms with E-state index >= 15 is 0 Å². The van der Waals surface area contributed by atoms with Gasteiger partial charge in [-0.15, -0.1) is 11.8 Å². The third-order valence-electron chi connectivity index (χ3n) is 6.34. The number of amides is 2. The SMILES string of the molecule is O=CC1=CS[C@@H]2[C@H](NC(=O)Cc3ccccc3)C(=O)N2C1C(=O)OC(c1ccccc1)c1ccccc1. The minimum atomic E-state index is -1.19. The Morgan fingerprint density at radius 3 is 2.05 bits per heavy atom. The van der Waals surface area contributed by atoms with E-state index in [2.05, 4.69) is 5.32 Å². The first-order valence-electron chi connectivity index (χ1n) is 11.8. The van der Waals surface area contributed by atoms with Gasteiger partial charge < -0.3 is 15.0 Å². The molecule has 1 saturated heterocycles. The van der Waals surface area contributed by atoms with Crippen LogP contribution >= 0.6 is 11.8 Å². The number of carbonyl (C=O) groups is 4. The Labute approximate surface area is 218 Å². The molecule has 1 unspecified atom stereocenters. The number of hydrogen-bond acceptors (Lipinski definition) is 6. The number of aldehydes is 1. The number of benzene rings is 3. The molecule has 3 aromatic carbocycles. The van der Waals surface area contributed by atoms with Crippen molar-refractivity contribution in [3.05, 3.63) is 119 Å². The van der Waals surface area contributed by atoms with Crippen molar-refractivity contribution in [2.24, 2.45) is 0 Å². The van der Waals surface area contributed by atoms with Crippen LogP contribution in [0, 0.1) is 0 Å². The number of β-lactam (4-membered cyclic amide) rings is 1. The van der Waals surface area contributed by atoms with Crippen molar-refractivity contribution < 1.29 is 23.9 Å². The second-order valence-corrected chi connectivity index (χ2v) is 9.75. The fraction of sp³-hybridized carbons (Fsp3) is 0.172. The number of esters is 1. The fourth-order valence-electron chi connectivity index (χ4n) is 4.52. The molecule has 0 bridgehead atoms. The molecule has 2 amide bonds. The van der Waals surface area contributed by atoms with Crippen LogP contribution in [0.25, 0.3) is 0 Å². The predicted octanol–water partition coefficient (Wildman–Crippen LogP) is 3.41. The molecule has 0 spiro atoms. The third kappa shape index (κ3) is 5.06.